The van der Waals surface area contributed by atoms with E-state index in [0.29, 0.717) is 18.2 Å². The predicted molar refractivity (Wildman–Crippen MR) is 87.6 cm³/mol. The number of hydrogen-bond donors (Lipinski definition) is 2. The Balaban J connectivity index is 0.00000220. The first-order valence-corrected chi connectivity index (χ1v) is 8.05. The van der Waals surface area contributed by atoms with Crippen molar-refractivity contribution in [1.82, 2.24) is 10.6 Å². The molecular formula is C15H22ClFN2OS. The second-order valence-corrected chi connectivity index (χ2v) is 6.28. The number of hydrogen-bond acceptors (Lipinski definition) is 3. The van der Waals surface area contributed by atoms with Gasteiger partial charge in [0.1, 0.15) is 5.82 Å². The summed E-state index contributed by atoms with van der Waals surface area (Å²) in [5, 5.41) is 6.46. The summed E-state index contributed by atoms with van der Waals surface area (Å²) in [5.41, 5.74) is 0. The molecule has 2 N–H and O–H groups in total. The molecule has 1 saturated heterocycles. The fourth-order valence-corrected chi connectivity index (χ4v) is 3.16. The normalized spacial score (nSPS) is 21.4. The highest BCUT2D eigenvalue weighted by Crippen LogP contribution is 2.19. The fourth-order valence-electron chi connectivity index (χ4n) is 2.31. The molecule has 2 rings (SSSR count). The van der Waals surface area contributed by atoms with E-state index in [4.69, 9.17) is 0 Å². The number of thioether (sulfide) groups is 1. The number of halogens is 2. The lowest BCUT2D eigenvalue weighted by molar-refractivity contribution is -0.121. The maximum Gasteiger partial charge on any atom is 0.221 e. The minimum Gasteiger partial charge on any atom is -0.352 e. The van der Waals surface area contributed by atoms with Crippen LogP contribution in [0.1, 0.15) is 26.2 Å². The summed E-state index contributed by atoms with van der Waals surface area (Å²) in [6.45, 7) is 3.14. The lowest BCUT2D eigenvalue weighted by Gasteiger charge is -2.30. The summed E-state index contributed by atoms with van der Waals surface area (Å²) in [5.74, 6) is 0.581. The molecule has 1 fully saturated rings. The maximum absolute atomic E-state index is 12.8. The van der Waals surface area contributed by atoms with Gasteiger partial charge in [0.15, 0.2) is 0 Å². The number of nitrogens with one attached hydrogen (secondary N) is 2. The van der Waals surface area contributed by atoms with Crippen LogP contribution in [0.4, 0.5) is 4.39 Å². The molecule has 1 aliphatic heterocycles. The standard InChI is InChI=1S/C15H21FN2OS.ClH/c1-11-14(3-2-9-17-11)18-15(19)8-10-20-13-6-4-12(16)5-7-13;/h4-7,11,14,17H,2-3,8-10H2,1H3,(H,18,19);1H. The molecule has 0 aromatic heterocycles. The van der Waals surface area contributed by atoms with Crippen molar-refractivity contribution in [3.05, 3.63) is 30.1 Å². The van der Waals surface area contributed by atoms with Crippen LogP contribution in [0.3, 0.4) is 0 Å². The first-order valence-electron chi connectivity index (χ1n) is 7.06. The Morgan fingerprint density at radius 2 is 2.14 bits per heavy atom. The average Bonchev–Trinajstić information content (AvgIpc) is 2.44. The fraction of sp³-hybridized carbons (Fsp3) is 0.533. The molecule has 1 aromatic carbocycles. The van der Waals surface area contributed by atoms with Gasteiger partial charge in [-0.2, -0.15) is 0 Å². The Kier molecular flexibility index (Phi) is 8.07. The summed E-state index contributed by atoms with van der Waals surface area (Å²) in [6, 6.07) is 6.95. The van der Waals surface area contributed by atoms with E-state index >= 15 is 0 Å². The summed E-state index contributed by atoms with van der Waals surface area (Å²) < 4.78 is 12.8. The number of carbonyl (C=O) groups is 1. The van der Waals surface area contributed by atoms with Crippen LogP contribution < -0.4 is 10.6 Å². The van der Waals surface area contributed by atoms with E-state index in [-0.39, 0.29) is 30.2 Å². The van der Waals surface area contributed by atoms with Crippen LogP contribution in [0.5, 0.6) is 0 Å². The zero-order valence-corrected chi connectivity index (χ0v) is 13.7. The van der Waals surface area contributed by atoms with E-state index in [0.717, 1.165) is 24.3 Å². The third-order valence-corrected chi connectivity index (χ3v) is 4.53. The number of amides is 1. The van der Waals surface area contributed by atoms with Gasteiger partial charge in [-0.3, -0.25) is 4.79 Å². The molecule has 1 heterocycles. The summed E-state index contributed by atoms with van der Waals surface area (Å²) >= 11 is 1.58. The smallest absolute Gasteiger partial charge is 0.221 e. The van der Waals surface area contributed by atoms with E-state index < -0.39 is 0 Å². The van der Waals surface area contributed by atoms with Crippen molar-refractivity contribution >= 4 is 30.1 Å². The highest BCUT2D eigenvalue weighted by Gasteiger charge is 2.21. The average molecular weight is 333 g/mol. The predicted octanol–water partition coefficient (Wildman–Crippen LogP) is 2.99. The van der Waals surface area contributed by atoms with Gasteiger partial charge in [-0.15, -0.1) is 24.2 Å². The minimum atomic E-state index is -0.231. The molecule has 1 amide bonds. The van der Waals surface area contributed by atoms with E-state index in [1.54, 1.807) is 23.9 Å². The van der Waals surface area contributed by atoms with E-state index in [1.165, 1.54) is 12.1 Å². The molecular weight excluding hydrogens is 311 g/mol. The molecule has 0 bridgehead atoms. The first kappa shape index (κ1) is 18.3. The lowest BCUT2D eigenvalue weighted by Crippen LogP contribution is -2.51. The van der Waals surface area contributed by atoms with Crippen LogP contribution in [-0.2, 0) is 4.79 Å². The summed E-state index contributed by atoms with van der Waals surface area (Å²) in [7, 11) is 0. The molecule has 118 valence electrons. The number of carbonyl (C=O) groups excluding carboxylic acids is 1. The van der Waals surface area contributed by atoms with Crippen molar-refractivity contribution in [3.8, 4) is 0 Å². The van der Waals surface area contributed by atoms with Crippen LogP contribution in [0, 0.1) is 5.82 Å². The minimum absolute atomic E-state index is 0. The molecule has 0 aliphatic carbocycles. The molecule has 0 spiro atoms. The number of piperidine rings is 1. The maximum atomic E-state index is 12.8. The monoisotopic (exact) mass is 332 g/mol. The van der Waals surface area contributed by atoms with Crippen molar-refractivity contribution in [2.75, 3.05) is 12.3 Å². The Morgan fingerprint density at radius 3 is 2.81 bits per heavy atom. The molecule has 1 aromatic rings. The Labute approximate surface area is 135 Å². The van der Waals surface area contributed by atoms with Crippen molar-refractivity contribution in [2.24, 2.45) is 0 Å². The second-order valence-electron chi connectivity index (χ2n) is 5.11. The highest BCUT2D eigenvalue weighted by molar-refractivity contribution is 7.99. The number of benzene rings is 1. The lowest BCUT2D eigenvalue weighted by atomic mass is 10.00. The molecule has 2 atom stereocenters. The second kappa shape index (κ2) is 9.28. The van der Waals surface area contributed by atoms with Gasteiger partial charge in [-0.25, -0.2) is 4.39 Å². The van der Waals surface area contributed by atoms with E-state index in [9.17, 15) is 9.18 Å². The van der Waals surface area contributed by atoms with Gasteiger partial charge in [-0.05, 0) is 50.6 Å². The van der Waals surface area contributed by atoms with Crippen molar-refractivity contribution in [3.63, 3.8) is 0 Å². The van der Waals surface area contributed by atoms with E-state index in [1.807, 2.05) is 0 Å². The SMILES string of the molecule is CC1NCCCC1NC(=O)CCSc1ccc(F)cc1.Cl. The summed E-state index contributed by atoms with van der Waals surface area (Å²) in [4.78, 5) is 12.9. The van der Waals surface area contributed by atoms with Crippen LogP contribution in [0.25, 0.3) is 0 Å². The topological polar surface area (TPSA) is 41.1 Å². The quantitative estimate of drug-likeness (QED) is 0.814. The van der Waals surface area contributed by atoms with Crippen molar-refractivity contribution < 1.29 is 9.18 Å². The molecule has 2 unspecified atom stereocenters. The van der Waals surface area contributed by atoms with Gasteiger partial charge in [-0.1, -0.05) is 0 Å². The molecule has 3 nitrogen and oxygen atoms in total. The first-order chi connectivity index (χ1) is 9.65. The summed E-state index contributed by atoms with van der Waals surface area (Å²) in [6.07, 6.45) is 2.65. The van der Waals surface area contributed by atoms with Gasteiger partial charge in [0, 0.05) is 29.2 Å². The van der Waals surface area contributed by atoms with Gasteiger partial charge >= 0.3 is 0 Å². The Bertz CT molecular complexity index is 444. The van der Waals surface area contributed by atoms with Crippen LogP contribution >= 0.6 is 24.2 Å². The molecule has 21 heavy (non-hydrogen) atoms. The molecule has 0 radical (unpaired) electrons. The Hall–Kier alpha value is -0.780. The van der Waals surface area contributed by atoms with Gasteiger partial charge in [0.25, 0.3) is 0 Å². The highest BCUT2D eigenvalue weighted by atomic mass is 35.5. The third kappa shape index (κ3) is 6.24. The Morgan fingerprint density at radius 1 is 1.43 bits per heavy atom. The molecule has 6 heteroatoms. The molecule has 0 saturated carbocycles. The largest absolute Gasteiger partial charge is 0.352 e. The van der Waals surface area contributed by atoms with E-state index in [2.05, 4.69) is 17.6 Å². The van der Waals surface area contributed by atoms with Crippen LogP contribution in [0.15, 0.2) is 29.2 Å². The van der Waals surface area contributed by atoms with Crippen LogP contribution in [0.2, 0.25) is 0 Å². The van der Waals surface area contributed by atoms with Gasteiger partial charge < -0.3 is 10.6 Å². The zero-order chi connectivity index (χ0) is 14.4. The van der Waals surface area contributed by atoms with Crippen molar-refractivity contribution in [1.29, 1.82) is 0 Å². The van der Waals surface area contributed by atoms with Crippen molar-refractivity contribution in [2.45, 2.75) is 43.2 Å². The van der Waals surface area contributed by atoms with Gasteiger partial charge in [0.2, 0.25) is 5.91 Å². The number of rotatable bonds is 5. The zero-order valence-electron chi connectivity index (χ0n) is 12.1. The van der Waals surface area contributed by atoms with Crippen LogP contribution in [-0.4, -0.2) is 30.3 Å². The van der Waals surface area contributed by atoms with Gasteiger partial charge in [0.05, 0.1) is 0 Å². The molecule has 1 aliphatic rings. The third-order valence-electron chi connectivity index (χ3n) is 3.52.